The van der Waals surface area contributed by atoms with Gasteiger partial charge in [0.05, 0.1) is 22.7 Å². The van der Waals surface area contributed by atoms with Crippen LogP contribution < -0.4 is 4.74 Å². The molecule has 4 aromatic heterocycles. The molecule has 0 spiro atoms. The molecule has 0 amide bonds. The number of ether oxygens (including phenoxy) is 1. The molecular weight excluding hydrogens is 683 g/mol. The molecule has 0 atom stereocenters. The van der Waals surface area contributed by atoms with Crippen LogP contribution in [0.5, 0.6) is 11.5 Å². The van der Waals surface area contributed by atoms with Crippen molar-refractivity contribution in [2.45, 2.75) is 0 Å². The van der Waals surface area contributed by atoms with Gasteiger partial charge >= 0.3 is 20.4 Å². The van der Waals surface area contributed by atoms with E-state index < -0.39 is 0 Å². The monoisotopic (exact) mass is 706 g/mol. The summed E-state index contributed by atoms with van der Waals surface area (Å²) in [6.45, 7) is 0. The Bertz CT molecular complexity index is 2780. The Morgan fingerprint density at radius 3 is 1.77 bits per heavy atom. The Hall–Kier alpha value is -5.80. The van der Waals surface area contributed by atoms with Crippen molar-refractivity contribution in [2.75, 3.05) is 0 Å². The minimum atomic E-state index is 0. The second kappa shape index (κ2) is 11.2. The number of para-hydroxylation sites is 2. The molecule has 0 bridgehead atoms. The van der Waals surface area contributed by atoms with Gasteiger partial charge in [-0.05, 0) is 28.5 Å². The summed E-state index contributed by atoms with van der Waals surface area (Å²) in [4.78, 5) is 10.0. The average Bonchev–Trinajstić information content (AvgIpc) is 3.79. The maximum absolute atomic E-state index is 6.51. The van der Waals surface area contributed by atoms with Crippen LogP contribution in [0.2, 0.25) is 0 Å². The second-order valence-electron chi connectivity index (χ2n) is 11.7. The normalized spacial score (nSPS) is 11.6. The van der Waals surface area contributed by atoms with Gasteiger partial charge in [-0.25, -0.2) is 0 Å². The Morgan fingerprint density at radius 1 is 0.521 bits per heavy atom. The van der Waals surface area contributed by atoms with Crippen LogP contribution in [0.15, 0.2) is 146 Å². The number of imidazole rings is 2. The van der Waals surface area contributed by atoms with Gasteiger partial charge in [0, 0.05) is 40.5 Å². The summed E-state index contributed by atoms with van der Waals surface area (Å²) in [7, 11) is 0. The van der Waals surface area contributed by atoms with Crippen molar-refractivity contribution in [1.29, 1.82) is 0 Å². The van der Waals surface area contributed by atoms with Crippen molar-refractivity contribution >= 4 is 54.6 Å². The van der Waals surface area contributed by atoms with Crippen molar-refractivity contribution < 1.29 is 25.2 Å². The Balaban J connectivity index is 0.00000314. The number of hydrogen-bond donors (Lipinski definition) is 0. The topological polar surface area (TPSA) is 43.8 Å². The van der Waals surface area contributed by atoms with E-state index in [4.69, 9.17) is 14.7 Å². The molecule has 6 heteroatoms. The van der Waals surface area contributed by atoms with E-state index in [9.17, 15) is 0 Å². The summed E-state index contributed by atoms with van der Waals surface area (Å²) in [6, 6.07) is 52.8. The van der Waals surface area contributed by atoms with Gasteiger partial charge in [0.25, 0.3) is 0 Å². The molecule has 0 aliphatic heterocycles. The number of nitrogens with zero attached hydrogens (tertiary/aromatic N) is 4. The zero-order valence-corrected chi connectivity index (χ0v) is 26.9. The number of aromatic nitrogens is 4. The summed E-state index contributed by atoms with van der Waals surface area (Å²) in [5.74, 6) is 1.19. The number of rotatable bonds is 4. The molecule has 0 saturated heterocycles. The van der Waals surface area contributed by atoms with E-state index >= 15 is 0 Å². The third kappa shape index (κ3) is 4.35. The van der Waals surface area contributed by atoms with E-state index in [1.54, 1.807) is 0 Å². The van der Waals surface area contributed by atoms with E-state index in [1.165, 1.54) is 0 Å². The van der Waals surface area contributed by atoms with Gasteiger partial charge in [0.1, 0.15) is 0 Å². The van der Waals surface area contributed by atoms with E-state index in [2.05, 4.69) is 124 Å². The first-order valence-corrected chi connectivity index (χ1v) is 15.6. The summed E-state index contributed by atoms with van der Waals surface area (Å²) >= 11 is 0. The van der Waals surface area contributed by atoms with Crippen LogP contribution in [-0.2, 0) is 20.4 Å². The first-order valence-electron chi connectivity index (χ1n) is 15.6. The smallest absolute Gasteiger partial charge is 0.497 e. The minimum absolute atomic E-state index is 0. The quantitative estimate of drug-likeness (QED) is 0.104. The predicted molar refractivity (Wildman–Crippen MR) is 189 cm³/mol. The molecule has 228 valence electrons. The first-order chi connectivity index (χ1) is 23.3. The van der Waals surface area contributed by atoms with Crippen LogP contribution in [0, 0.1) is 12.1 Å². The van der Waals surface area contributed by atoms with Crippen molar-refractivity contribution in [3.63, 3.8) is 0 Å². The van der Waals surface area contributed by atoms with Gasteiger partial charge in [-0.3, -0.25) is 9.97 Å². The average molecular weight is 707 g/mol. The van der Waals surface area contributed by atoms with E-state index in [-0.39, 0.29) is 20.4 Å². The predicted octanol–water partition coefficient (Wildman–Crippen LogP) is 10.3. The Kier molecular flexibility index (Phi) is 6.62. The third-order valence-electron chi connectivity index (χ3n) is 9.00. The molecule has 5 nitrogen and oxygen atoms in total. The zero-order chi connectivity index (χ0) is 30.9. The van der Waals surface area contributed by atoms with Crippen molar-refractivity contribution in [1.82, 2.24) is 18.8 Å². The van der Waals surface area contributed by atoms with Gasteiger partial charge < -0.3 is 13.5 Å². The molecule has 4 heterocycles. The summed E-state index contributed by atoms with van der Waals surface area (Å²) in [6.07, 6.45) is 4.05. The van der Waals surface area contributed by atoms with Gasteiger partial charge in [-0.2, -0.15) is 0 Å². The Labute approximate surface area is 289 Å². The van der Waals surface area contributed by atoms with E-state index in [0.717, 1.165) is 77.2 Å². The van der Waals surface area contributed by atoms with Gasteiger partial charge in [0.2, 0.25) is 0 Å². The molecule has 10 aromatic rings. The minimum Gasteiger partial charge on any atom is -0.497 e. The molecule has 48 heavy (non-hydrogen) atoms. The number of fused-ring (bicyclic) bond motifs is 12. The van der Waals surface area contributed by atoms with Crippen LogP contribution in [0.4, 0.5) is 0 Å². The molecule has 10 rings (SSSR count). The molecule has 0 N–H and O–H groups in total. The fourth-order valence-electron chi connectivity index (χ4n) is 6.87. The Morgan fingerprint density at radius 2 is 1.08 bits per heavy atom. The summed E-state index contributed by atoms with van der Waals surface area (Å²) < 4.78 is 10.9. The van der Waals surface area contributed by atoms with E-state index in [1.807, 2.05) is 42.6 Å². The fourth-order valence-corrected chi connectivity index (χ4v) is 6.87. The van der Waals surface area contributed by atoms with Crippen LogP contribution in [0.1, 0.15) is 0 Å². The zero-order valence-electron chi connectivity index (χ0n) is 25.4. The SMILES string of the molecule is [Pd+2].[c-]1c(Oc2[c-]c3c(cc2)c2ccccc2n2c(-c4ccccc4)cnc32)ccc2c1c1nc(-c3ccccc3)cn1c1ccccc21. The molecule has 0 radical (unpaired) electrons. The van der Waals surface area contributed by atoms with Crippen molar-refractivity contribution in [2.24, 2.45) is 0 Å². The van der Waals surface area contributed by atoms with Crippen molar-refractivity contribution in [3.05, 3.63) is 158 Å². The number of pyridine rings is 2. The van der Waals surface area contributed by atoms with Gasteiger partial charge in [-0.1, -0.05) is 143 Å². The number of benzene rings is 6. The largest absolute Gasteiger partial charge is 2.00 e. The molecule has 0 unspecified atom stereocenters. The van der Waals surface area contributed by atoms with Gasteiger partial charge in [-0.15, -0.1) is 12.1 Å². The molecule has 0 aliphatic rings. The third-order valence-corrected chi connectivity index (χ3v) is 9.00. The first kappa shape index (κ1) is 28.4. The standard InChI is InChI=1S/C42H24N4O.Pd/c1-3-11-27(12-4-1)37-26-45-38-17-9-7-15-33(38)31-21-19-30(24-36(31)42(45)44-37)47-29-20-22-32-34-16-8-10-18-39(34)46-40(28-13-5-2-6-14-28)25-43-41(46)35(32)23-29;/h1-22,25-26H;/q-2;+2. The van der Waals surface area contributed by atoms with Gasteiger partial charge in [0.15, 0.2) is 0 Å². The summed E-state index contributed by atoms with van der Waals surface area (Å²) in [5, 5.41) is 6.22. The van der Waals surface area contributed by atoms with E-state index in [0.29, 0.717) is 11.5 Å². The molecule has 0 aliphatic carbocycles. The molecule has 0 saturated carbocycles. The molecular formula is C42H24N4OPd. The fraction of sp³-hybridized carbons (Fsp3) is 0. The van der Waals surface area contributed by atoms with Crippen LogP contribution in [-0.4, -0.2) is 18.8 Å². The number of hydrogen-bond acceptors (Lipinski definition) is 3. The molecule has 0 fully saturated rings. The maximum Gasteiger partial charge on any atom is 2.00 e. The second-order valence-corrected chi connectivity index (χ2v) is 11.7. The molecule has 6 aromatic carbocycles. The van der Waals surface area contributed by atoms with Crippen molar-refractivity contribution in [3.8, 4) is 34.0 Å². The van der Waals surface area contributed by atoms with Crippen LogP contribution in [0.3, 0.4) is 0 Å². The maximum atomic E-state index is 6.51. The van der Waals surface area contributed by atoms with Crippen LogP contribution in [0.25, 0.3) is 77.2 Å². The summed E-state index contributed by atoms with van der Waals surface area (Å²) in [5.41, 5.74) is 8.00. The van der Waals surface area contributed by atoms with Crippen LogP contribution >= 0.6 is 0 Å².